The highest BCUT2D eigenvalue weighted by Crippen LogP contribution is 2.57. The van der Waals surface area contributed by atoms with Gasteiger partial charge in [0.25, 0.3) is 0 Å². The molecule has 0 radical (unpaired) electrons. The van der Waals surface area contributed by atoms with Crippen LogP contribution in [0, 0.1) is 41.0 Å². The molecule has 5 heterocycles. The average Bonchev–Trinajstić information content (AvgIpc) is 3.89. The number of aryl methyl sites for hydroxylation is 1. The number of likely N-dealkylation sites (tertiary alicyclic amines) is 2. The number of methoxy groups -OCH3 is 1. The minimum atomic E-state index is -1.12. The van der Waals surface area contributed by atoms with Crippen molar-refractivity contribution in [1.29, 1.82) is 0 Å². The largest absolute Gasteiger partial charge is 0.488 e. The molecule has 0 bridgehead atoms. The van der Waals surface area contributed by atoms with Gasteiger partial charge in [0.2, 0.25) is 17.7 Å². The Morgan fingerprint density at radius 3 is 2.32 bits per heavy atom. The fourth-order valence-electron chi connectivity index (χ4n) is 12.8. The summed E-state index contributed by atoms with van der Waals surface area (Å²) in [5.41, 5.74) is 5.54. The Bertz CT molecular complexity index is 3090. The molecule has 1 aromatic heterocycles. The molecule has 410 valence electrons. The van der Waals surface area contributed by atoms with E-state index in [9.17, 15) is 19.2 Å². The zero-order valence-corrected chi connectivity index (χ0v) is 44.5. The number of piperidine rings is 2. The summed E-state index contributed by atoms with van der Waals surface area (Å²) in [5, 5.41) is 10.1. The molecule has 1 aliphatic carbocycles. The third-order valence-electron chi connectivity index (χ3n) is 17.0. The highest BCUT2D eigenvalue weighted by molar-refractivity contribution is 6.34. The average molecular weight is 1090 g/mol. The molecule has 4 N–H and O–H groups in total. The second-order valence-electron chi connectivity index (χ2n) is 21.5. The van der Waals surface area contributed by atoms with Crippen molar-refractivity contribution in [2.45, 2.75) is 88.7 Å². The summed E-state index contributed by atoms with van der Waals surface area (Å²) in [6.45, 7) is 8.18. The number of benzene rings is 4. The molecule has 4 aliphatic heterocycles. The van der Waals surface area contributed by atoms with E-state index in [4.69, 9.17) is 31.5 Å². The monoisotopic (exact) mass is 1080 g/mol. The SMILES string of the molecule is COCCOc1ccc(C(N)=O)c(-c2c(Cl)c(F)cc3c2C(C)C(CNC2CCC(C(=O)N4CCC(CN5CCC(c6c(F)cc7c(N8CCC(=O)NC8=O)nn(C)c7c6F)CC5)C(C)C4)CC2)(c2ccccc2)O3)c1F. The zero-order chi connectivity index (χ0) is 54.4. The maximum absolute atomic E-state index is 16.6. The number of halogens is 5. The number of primary amides is 1. The van der Waals surface area contributed by atoms with Crippen LogP contribution in [0.3, 0.4) is 0 Å². The number of amides is 5. The first-order valence-corrected chi connectivity index (χ1v) is 27.1. The van der Waals surface area contributed by atoms with Crippen molar-refractivity contribution in [2.75, 3.05) is 71.0 Å². The van der Waals surface area contributed by atoms with Crippen molar-refractivity contribution >= 4 is 52.1 Å². The van der Waals surface area contributed by atoms with Gasteiger partial charge in [-0.1, -0.05) is 55.8 Å². The summed E-state index contributed by atoms with van der Waals surface area (Å²) in [5.74, 6) is -4.60. The highest BCUT2D eigenvalue weighted by atomic mass is 35.5. The molecule has 4 atom stereocenters. The number of carbonyl (C=O) groups is 4. The summed E-state index contributed by atoms with van der Waals surface area (Å²) < 4.78 is 83.7. The molecular formula is C57H65ClF4N8O7. The van der Waals surface area contributed by atoms with Crippen LogP contribution in [0.25, 0.3) is 22.0 Å². The summed E-state index contributed by atoms with van der Waals surface area (Å²) in [7, 11) is 3.04. The van der Waals surface area contributed by atoms with E-state index >= 15 is 17.6 Å². The van der Waals surface area contributed by atoms with Gasteiger partial charge in [-0.25, -0.2) is 22.4 Å². The number of nitrogens with zero attached hydrogens (tertiary/aromatic N) is 5. The molecule has 10 rings (SSSR count). The van der Waals surface area contributed by atoms with Crippen LogP contribution in [0.15, 0.2) is 54.6 Å². The predicted octanol–water partition coefficient (Wildman–Crippen LogP) is 8.92. The van der Waals surface area contributed by atoms with Crippen LogP contribution < -0.4 is 30.7 Å². The van der Waals surface area contributed by atoms with Gasteiger partial charge < -0.3 is 35.1 Å². The van der Waals surface area contributed by atoms with E-state index < -0.39 is 52.6 Å². The van der Waals surface area contributed by atoms with Crippen molar-refractivity contribution in [3.8, 4) is 22.6 Å². The summed E-state index contributed by atoms with van der Waals surface area (Å²) >= 11 is 6.77. The smallest absolute Gasteiger partial charge is 0.329 e. The van der Waals surface area contributed by atoms with E-state index in [2.05, 4.69) is 27.6 Å². The van der Waals surface area contributed by atoms with Crippen LogP contribution in [0.1, 0.15) is 104 Å². The van der Waals surface area contributed by atoms with Gasteiger partial charge in [0.1, 0.15) is 29.5 Å². The van der Waals surface area contributed by atoms with Crippen LogP contribution in [-0.4, -0.2) is 116 Å². The molecule has 77 heavy (non-hydrogen) atoms. The van der Waals surface area contributed by atoms with Crippen molar-refractivity contribution in [2.24, 2.45) is 30.5 Å². The van der Waals surface area contributed by atoms with E-state index in [1.807, 2.05) is 42.2 Å². The van der Waals surface area contributed by atoms with Crippen LogP contribution in [0.5, 0.6) is 11.5 Å². The summed E-state index contributed by atoms with van der Waals surface area (Å²) in [6.07, 6.45) is 4.96. The predicted molar refractivity (Wildman–Crippen MR) is 282 cm³/mol. The number of rotatable bonds is 15. The molecule has 5 amide bonds. The molecule has 20 heteroatoms. The van der Waals surface area contributed by atoms with E-state index in [-0.39, 0.29) is 118 Å². The number of nitrogens with two attached hydrogens (primary N) is 1. The number of hydrogen-bond donors (Lipinski definition) is 3. The molecule has 4 unspecified atom stereocenters. The number of hydrogen-bond acceptors (Lipinski definition) is 10. The fourth-order valence-corrected chi connectivity index (χ4v) is 13.0. The zero-order valence-electron chi connectivity index (χ0n) is 43.7. The van der Waals surface area contributed by atoms with Gasteiger partial charge in [0.15, 0.2) is 28.8 Å². The van der Waals surface area contributed by atoms with Crippen molar-refractivity contribution in [3.05, 3.63) is 105 Å². The van der Waals surface area contributed by atoms with Gasteiger partial charge in [0, 0.05) is 99.5 Å². The van der Waals surface area contributed by atoms with Crippen molar-refractivity contribution in [3.63, 3.8) is 0 Å². The molecule has 4 aromatic carbocycles. The molecule has 4 fully saturated rings. The first kappa shape index (κ1) is 54.1. The van der Waals surface area contributed by atoms with Crippen molar-refractivity contribution in [1.82, 2.24) is 30.2 Å². The quantitative estimate of drug-likeness (QED) is 0.0679. The van der Waals surface area contributed by atoms with Gasteiger partial charge in [-0.2, -0.15) is 5.10 Å². The lowest BCUT2D eigenvalue weighted by Gasteiger charge is -2.42. The van der Waals surface area contributed by atoms with Gasteiger partial charge in [0.05, 0.1) is 22.6 Å². The Hall–Kier alpha value is -6.28. The minimum Gasteiger partial charge on any atom is -0.488 e. The van der Waals surface area contributed by atoms with E-state index in [0.717, 1.165) is 31.4 Å². The number of ether oxygens (including phenoxy) is 3. The van der Waals surface area contributed by atoms with Crippen LogP contribution in [0.2, 0.25) is 5.02 Å². The second-order valence-corrected chi connectivity index (χ2v) is 21.9. The number of anilines is 1. The third-order valence-corrected chi connectivity index (χ3v) is 17.4. The highest BCUT2D eigenvalue weighted by Gasteiger charge is 2.50. The topological polar surface area (TPSA) is 174 Å². The first-order chi connectivity index (χ1) is 37.0. The standard InChI is InChI=1S/C57H65ClF4N8O7/c1-31-28-69(22-18-35(31)29-68-20-16-33(17-21-68)46-40(59)26-39-52(51(46)62)67(3)66-54(39)70-23-19-44(71)65-56(70)74)55(73)34-10-12-37(13-11-34)64-30-57(36-8-6-5-7-9-36)32(2)45-43(77-57)27-41(60)49(58)48(45)47-38(53(63)72)14-15-42(50(47)61)76-25-24-75-4/h5-9,14-15,26-27,31-35,37,64H,10-13,16-25,28-30H2,1-4H3,(H2,63,72)(H,65,71,74). The fraction of sp³-hybridized carbons (Fsp3) is 0.491. The first-order valence-electron chi connectivity index (χ1n) is 26.7. The maximum Gasteiger partial charge on any atom is 0.329 e. The van der Waals surface area contributed by atoms with Crippen LogP contribution >= 0.6 is 11.6 Å². The Labute approximate surface area is 449 Å². The molecule has 0 spiro atoms. The van der Waals surface area contributed by atoms with Crippen LogP contribution in [-0.2, 0) is 27.0 Å². The third kappa shape index (κ3) is 10.2. The number of fused-ring (bicyclic) bond motifs is 2. The van der Waals surface area contributed by atoms with Crippen LogP contribution in [0.4, 0.5) is 28.2 Å². The number of imide groups is 1. The maximum atomic E-state index is 16.6. The van der Waals surface area contributed by atoms with Gasteiger partial charge in [-0.3, -0.25) is 29.3 Å². The molecule has 5 aromatic rings. The van der Waals surface area contributed by atoms with Crippen molar-refractivity contribution < 1.29 is 51.0 Å². The minimum absolute atomic E-state index is 0.0162. The summed E-state index contributed by atoms with van der Waals surface area (Å²) in [4.78, 5) is 57.0. The summed E-state index contributed by atoms with van der Waals surface area (Å²) in [6, 6.07) is 14.0. The van der Waals surface area contributed by atoms with E-state index in [0.29, 0.717) is 63.3 Å². The number of nitrogens with one attached hydrogen (secondary N) is 2. The Balaban J connectivity index is 0.750. The van der Waals surface area contributed by atoms with Gasteiger partial charge >= 0.3 is 6.03 Å². The Morgan fingerprint density at radius 1 is 0.896 bits per heavy atom. The normalized spacial score (nSPS) is 24.2. The Kier molecular flexibility index (Phi) is 15.6. The molecular weight excluding hydrogens is 1020 g/mol. The molecule has 3 saturated heterocycles. The lowest BCUT2D eigenvalue weighted by molar-refractivity contribution is -0.139. The number of aromatic nitrogens is 2. The number of carbonyl (C=O) groups excluding carboxylic acids is 4. The van der Waals surface area contributed by atoms with Gasteiger partial charge in [-0.05, 0) is 99.6 Å². The lowest BCUT2D eigenvalue weighted by atomic mass is 9.77. The Morgan fingerprint density at radius 2 is 1.64 bits per heavy atom. The molecule has 1 saturated carbocycles. The lowest BCUT2D eigenvalue weighted by Crippen LogP contribution is -2.50. The van der Waals surface area contributed by atoms with E-state index in [1.165, 1.54) is 41.0 Å². The van der Waals surface area contributed by atoms with Gasteiger partial charge in [-0.15, -0.1) is 0 Å². The molecule has 15 nitrogen and oxygen atoms in total. The second kappa shape index (κ2) is 22.2. The van der Waals surface area contributed by atoms with E-state index in [1.54, 1.807) is 7.05 Å². The molecule has 5 aliphatic rings. The number of urea groups is 1.